The van der Waals surface area contributed by atoms with Crippen molar-refractivity contribution < 1.29 is 13.3 Å². The van der Waals surface area contributed by atoms with Crippen LogP contribution in [0.3, 0.4) is 0 Å². The largest absolute Gasteiger partial charge is 0.466 e. The fourth-order valence-electron chi connectivity index (χ4n) is 15.5. The molecule has 0 fully saturated rings. The van der Waals surface area contributed by atoms with Crippen LogP contribution >= 0.6 is 0 Å². The predicted octanol–water partition coefficient (Wildman–Crippen LogP) is 23.6. The van der Waals surface area contributed by atoms with Gasteiger partial charge in [-0.05, 0) is 181 Å². The monoisotopic (exact) mass is 1220 g/mol. The number of benzene rings is 10. The van der Waals surface area contributed by atoms with Gasteiger partial charge in [0.1, 0.15) is 33.6 Å². The Balaban J connectivity index is 1.01. The van der Waals surface area contributed by atoms with Crippen molar-refractivity contribution in [1.82, 2.24) is 0 Å². The molecule has 0 saturated carbocycles. The summed E-state index contributed by atoms with van der Waals surface area (Å²) in [7, 11) is 0. The van der Waals surface area contributed by atoms with E-state index in [-0.39, 0.29) is 32.5 Å². The second kappa shape index (κ2) is 20.2. The molecule has 0 atom stereocenters. The van der Waals surface area contributed by atoms with E-state index in [2.05, 4.69) is 320 Å². The third-order valence-corrected chi connectivity index (χ3v) is 21.1. The van der Waals surface area contributed by atoms with Crippen LogP contribution in [0.4, 0.5) is 45.5 Å². The number of nitrogens with zero attached hydrogens (tertiary/aromatic N) is 3. The lowest BCUT2D eigenvalue weighted by atomic mass is 9.45. The highest BCUT2D eigenvalue weighted by atomic mass is 16.3. The zero-order chi connectivity index (χ0) is 64.8. The van der Waals surface area contributed by atoms with Gasteiger partial charge >= 0.3 is 6.85 Å². The molecular formula is C86H84BN3O3. The number of rotatable bonds is 6. The van der Waals surface area contributed by atoms with Crippen LogP contribution in [0, 0.1) is 0 Å². The molecule has 5 heterocycles. The van der Waals surface area contributed by atoms with Crippen molar-refractivity contribution in [2.45, 2.75) is 156 Å². The molecular weight excluding hydrogens is 1130 g/mol. The summed E-state index contributed by atoms with van der Waals surface area (Å²) in [5.74, 6) is 0. The molecule has 0 N–H and O–H groups in total. The minimum absolute atomic E-state index is 0.0119. The number of fused-ring (bicyclic) bond motifs is 14. The van der Waals surface area contributed by atoms with Crippen molar-refractivity contribution >= 4 is 118 Å². The second-order valence-electron chi connectivity index (χ2n) is 32.5. The summed E-state index contributed by atoms with van der Waals surface area (Å²) in [5, 5.41) is 5.32. The lowest BCUT2D eigenvalue weighted by Gasteiger charge is -2.44. The van der Waals surface area contributed by atoms with E-state index < -0.39 is 6.85 Å². The molecule has 13 aromatic rings. The third kappa shape index (κ3) is 9.32. The number of anilines is 8. The molecule has 0 radical (unpaired) electrons. The summed E-state index contributed by atoms with van der Waals surface area (Å²) in [6.07, 6.45) is 2.19. The van der Waals surface area contributed by atoms with Gasteiger partial charge in [-0.3, -0.25) is 0 Å². The predicted molar refractivity (Wildman–Crippen MR) is 395 cm³/mol. The number of furan rings is 3. The average molecular weight is 1220 g/mol. The topological polar surface area (TPSA) is 49.1 Å². The van der Waals surface area contributed by atoms with Crippen LogP contribution in [-0.4, -0.2) is 6.85 Å². The molecule has 0 amide bonds. The first-order valence-electron chi connectivity index (χ1n) is 33.6. The molecule has 3 aromatic heterocycles. The molecule has 1 aliphatic carbocycles. The molecule has 93 heavy (non-hydrogen) atoms. The van der Waals surface area contributed by atoms with Gasteiger partial charge in [-0.25, -0.2) is 0 Å². The lowest BCUT2D eigenvalue weighted by Crippen LogP contribution is -2.61. The first kappa shape index (κ1) is 58.9. The van der Waals surface area contributed by atoms with E-state index in [1.54, 1.807) is 0 Å². The normalized spacial score (nSPS) is 15.3. The average Bonchev–Trinajstić information content (AvgIpc) is 1.66. The highest BCUT2D eigenvalue weighted by Crippen LogP contribution is 2.57. The Morgan fingerprint density at radius 2 is 0.935 bits per heavy atom. The lowest BCUT2D eigenvalue weighted by molar-refractivity contribution is 0.332. The summed E-state index contributed by atoms with van der Waals surface area (Å²) in [4.78, 5) is 7.53. The van der Waals surface area contributed by atoms with Crippen LogP contribution in [0.5, 0.6) is 0 Å². The van der Waals surface area contributed by atoms with E-state index in [1.807, 2.05) is 0 Å². The zero-order valence-corrected chi connectivity index (χ0v) is 57.0. The quantitative estimate of drug-likeness (QED) is 0.155. The SMILES string of the molecule is CC(C)(C)c1ccc(N2B3c4oc5cc6c(cc5c4N(c4ccc(C(C)(C)C)cc4-c4ccccc4)c4cc5c(oc7ccccc75)c(c43)-c3cc4c(cc32)oc2cc(N(c3ccc(C(C)(C)C)cc3)c3ccc(C(C)(C)C)cc3)ccc24)C(C)(C)CCC6(C)C)cc1. The van der Waals surface area contributed by atoms with E-state index in [1.165, 1.54) is 33.4 Å². The Hall–Kier alpha value is -9.20. The van der Waals surface area contributed by atoms with Crippen LogP contribution in [0.2, 0.25) is 0 Å². The summed E-state index contributed by atoms with van der Waals surface area (Å²) >= 11 is 0. The van der Waals surface area contributed by atoms with Gasteiger partial charge in [0.15, 0.2) is 0 Å². The Morgan fingerprint density at radius 3 is 1.56 bits per heavy atom. The van der Waals surface area contributed by atoms with Crippen LogP contribution in [0.1, 0.15) is 157 Å². The first-order chi connectivity index (χ1) is 44.1. The van der Waals surface area contributed by atoms with Gasteiger partial charge in [0.05, 0.1) is 11.4 Å². The highest BCUT2D eigenvalue weighted by Gasteiger charge is 2.51. The summed E-state index contributed by atoms with van der Waals surface area (Å²) in [6, 6.07) is 73.1. The molecule has 3 aliphatic rings. The maximum atomic E-state index is 7.91. The van der Waals surface area contributed by atoms with Gasteiger partial charge in [-0.1, -0.05) is 202 Å². The van der Waals surface area contributed by atoms with Gasteiger partial charge in [-0.15, -0.1) is 0 Å². The molecule has 464 valence electrons. The van der Waals surface area contributed by atoms with Gasteiger partial charge in [0.25, 0.3) is 0 Å². The van der Waals surface area contributed by atoms with Crippen LogP contribution < -0.4 is 25.7 Å². The molecule has 7 heteroatoms. The summed E-state index contributed by atoms with van der Waals surface area (Å²) in [5.41, 5.74) is 26.8. The zero-order valence-electron chi connectivity index (χ0n) is 57.0. The fraction of sp³-hybridized carbons (Fsp3) is 0.279. The van der Waals surface area contributed by atoms with E-state index in [0.717, 1.165) is 147 Å². The molecule has 6 nitrogen and oxygen atoms in total. The Bertz CT molecular complexity index is 5130. The fourth-order valence-corrected chi connectivity index (χ4v) is 15.5. The molecule has 0 spiro atoms. The van der Waals surface area contributed by atoms with Crippen molar-refractivity contribution in [1.29, 1.82) is 0 Å². The summed E-state index contributed by atoms with van der Waals surface area (Å²) in [6.45, 7) is 36.7. The van der Waals surface area contributed by atoms with E-state index in [4.69, 9.17) is 13.3 Å². The van der Waals surface area contributed by atoms with E-state index in [9.17, 15) is 0 Å². The molecule has 0 unspecified atom stereocenters. The van der Waals surface area contributed by atoms with Crippen molar-refractivity contribution in [2.24, 2.45) is 0 Å². The van der Waals surface area contributed by atoms with Crippen molar-refractivity contribution in [3.8, 4) is 22.3 Å². The first-order valence-corrected chi connectivity index (χ1v) is 33.6. The van der Waals surface area contributed by atoms with Gasteiger partial charge in [0.2, 0.25) is 0 Å². The van der Waals surface area contributed by atoms with Gasteiger partial charge in [-0.2, -0.15) is 0 Å². The molecule has 0 saturated heterocycles. The molecule has 2 aliphatic heterocycles. The Labute approximate surface area is 548 Å². The van der Waals surface area contributed by atoms with Crippen LogP contribution in [0.25, 0.3) is 77.1 Å². The second-order valence-corrected chi connectivity index (χ2v) is 32.5. The van der Waals surface area contributed by atoms with Gasteiger partial charge < -0.3 is 27.9 Å². The summed E-state index contributed by atoms with van der Waals surface area (Å²) < 4.78 is 22.6. The van der Waals surface area contributed by atoms with Crippen molar-refractivity contribution in [3.63, 3.8) is 0 Å². The van der Waals surface area contributed by atoms with Gasteiger partial charge in [0, 0.05) is 89.9 Å². The minimum atomic E-state index is -0.456. The number of para-hydroxylation sites is 1. The number of hydrogen-bond acceptors (Lipinski definition) is 6. The molecule has 10 aromatic carbocycles. The number of hydrogen-bond donors (Lipinski definition) is 0. The highest BCUT2D eigenvalue weighted by molar-refractivity contribution is 6.93. The Kier molecular flexibility index (Phi) is 12.8. The third-order valence-electron chi connectivity index (χ3n) is 21.1. The Morgan fingerprint density at radius 1 is 0.398 bits per heavy atom. The smallest absolute Gasteiger partial charge is 0.376 e. The van der Waals surface area contributed by atoms with E-state index in [0.29, 0.717) is 0 Å². The molecule has 0 bridgehead atoms. The van der Waals surface area contributed by atoms with Crippen LogP contribution in [0.15, 0.2) is 207 Å². The molecule has 16 rings (SSSR count). The van der Waals surface area contributed by atoms with E-state index >= 15 is 0 Å². The van der Waals surface area contributed by atoms with Crippen molar-refractivity contribution in [2.75, 3.05) is 14.6 Å². The maximum Gasteiger partial charge on any atom is 0.376 e. The standard InChI is InChI=1S/C86H84BN3O3/c1-81(2,3)52-26-33-56(34-27-52)88(57-35-28-53(29-36-57)82(4,5)6)59-39-40-61-63-46-65-70(50-75(63)91-73(61)45-59)90(58-37-30-54(31-38-58)83(7,8)9)87-77-71(48-64-60-24-20-21-25-72(60)92-79(64)76(65)77)89(69-41-32-55(84(10,11)12)44-62(69)51-22-18-17-19-23-51)78-66-47-67-68(49-74(66)93-80(78)87)86(15,16)43-42-85(67,13)14/h17-41,44-50H,42-43H2,1-16H3. The maximum absolute atomic E-state index is 7.91. The minimum Gasteiger partial charge on any atom is -0.466 e. The van der Waals surface area contributed by atoms with Crippen LogP contribution in [-0.2, 0) is 32.5 Å². The van der Waals surface area contributed by atoms with Crippen molar-refractivity contribution in [3.05, 3.63) is 228 Å².